The number of carbonyl (C=O) groups excluding carboxylic acids is 1. The smallest absolute Gasteiger partial charge is 0.291 e. The van der Waals surface area contributed by atoms with Gasteiger partial charge in [0, 0.05) is 40.1 Å². The van der Waals surface area contributed by atoms with Crippen LogP contribution in [0.25, 0.3) is 21.7 Å². The van der Waals surface area contributed by atoms with Crippen molar-refractivity contribution in [1.82, 2.24) is 4.57 Å². The lowest BCUT2D eigenvalue weighted by molar-refractivity contribution is 0.0999. The molecule has 0 radical (unpaired) electrons. The second kappa shape index (κ2) is 5.79. The van der Waals surface area contributed by atoms with Crippen molar-refractivity contribution in [3.05, 3.63) is 75.9 Å². The van der Waals surface area contributed by atoms with E-state index in [1.54, 1.807) is 61.8 Å². The summed E-state index contributed by atoms with van der Waals surface area (Å²) in [7, 11) is 1.69. The molecule has 25 heavy (non-hydrogen) atoms. The average molecular weight is 353 g/mol. The molecule has 0 unspecified atom stereocenters. The summed E-state index contributed by atoms with van der Waals surface area (Å²) in [6.45, 7) is 0. The van der Waals surface area contributed by atoms with Gasteiger partial charge in [-0.05, 0) is 42.5 Å². The quantitative estimate of drug-likeness (QED) is 0.588. The lowest BCUT2D eigenvalue weighted by Gasteiger charge is -2.08. The molecule has 2 aromatic carbocycles. The monoisotopic (exact) mass is 352 g/mol. The fraction of sp³-hybridized carbons (Fsp3) is 0.0526. The second-order valence-corrected chi connectivity index (χ2v) is 6.18. The van der Waals surface area contributed by atoms with E-state index in [4.69, 9.17) is 16.0 Å². The van der Waals surface area contributed by atoms with E-state index in [1.807, 2.05) is 0 Å². The Morgan fingerprint density at radius 3 is 2.80 bits per heavy atom. The van der Waals surface area contributed by atoms with Gasteiger partial charge in [0.25, 0.3) is 11.5 Å². The van der Waals surface area contributed by atoms with Crippen LogP contribution in [0, 0.1) is 0 Å². The number of nitrogens with zero attached hydrogens (tertiary/aromatic N) is 1. The highest BCUT2D eigenvalue weighted by molar-refractivity contribution is 6.31. The maximum atomic E-state index is 12.5. The number of halogens is 1. The molecule has 0 aliphatic carbocycles. The number of fused-ring (bicyclic) bond motifs is 2. The summed E-state index contributed by atoms with van der Waals surface area (Å²) in [4.78, 5) is 24.7. The fourth-order valence-electron chi connectivity index (χ4n) is 2.79. The summed E-state index contributed by atoms with van der Waals surface area (Å²) in [5.74, 6) is -0.210. The van der Waals surface area contributed by atoms with Gasteiger partial charge in [-0.1, -0.05) is 17.7 Å². The number of carbonyl (C=O) groups is 1. The van der Waals surface area contributed by atoms with Gasteiger partial charge in [-0.2, -0.15) is 0 Å². The molecule has 0 saturated heterocycles. The van der Waals surface area contributed by atoms with Crippen molar-refractivity contribution in [2.75, 3.05) is 5.32 Å². The van der Waals surface area contributed by atoms with E-state index < -0.39 is 0 Å². The molecule has 2 aromatic heterocycles. The van der Waals surface area contributed by atoms with Crippen molar-refractivity contribution < 1.29 is 9.21 Å². The Labute approximate surface area is 147 Å². The summed E-state index contributed by atoms with van der Waals surface area (Å²) in [5, 5.41) is 5.36. The van der Waals surface area contributed by atoms with Crippen LogP contribution in [0.2, 0.25) is 5.02 Å². The highest BCUT2D eigenvalue weighted by Gasteiger charge is 2.14. The molecule has 1 N–H and O–H groups in total. The molecule has 4 aromatic rings. The number of aryl methyl sites for hydroxylation is 1. The maximum absolute atomic E-state index is 12.5. The fourth-order valence-corrected chi connectivity index (χ4v) is 2.97. The molecule has 0 atom stereocenters. The minimum atomic E-state index is -0.388. The molecular weight excluding hydrogens is 340 g/mol. The zero-order valence-electron chi connectivity index (χ0n) is 13.2. The standard InChI is InChI=1S/C19H13ClN2O3/c1-22-8-7-13-14(19(22)24)3-2-4-15(13)21-18(23)17-10-11-9-12(20)5-6-16(11)25-17/h2-10H,1H3,(H,21,23). The zero-order chi connectivity index (χ0) is 17.6. The minimum absolute atomic E-state index is 0.119. The molecule has 124 valence electrons. The Morgan fingerprint density at radius 2 is 1.96 bits per heavy atom. The number of hydrogen-bond donors (Lipinski definition) is 1. The highest BCUT2D eigenvalue weighted by Crippen LogP contribution is 2.25. The Bertz CT molecular complexity index is 1190. The van der Waals surface area contributed by atoms with E-state index >= 15 is 0 Å². The number of pyridine rings is 1. The van der Waals surface area contributed by atoms with E-state index in [0.29, 0.717) is 27.1 Å². The molecular formula is C19H13ClN2O3. The lowest BCUT2D eigenvalue weighted by Crippen LogP contribution is -2.17. The molecule has 0 bridgehead atoms. The second-order valence-electron chi connectivity index (χ2n) is 5.75. The van der Waals surface area contributed by atoms with E-state index in [-0.39, 0.29) is 17.2 Å². The Kier molecular flexibility index (Phi) is 3.58. The number of amides is 1. The molecule has 1 amide bonds. The molecule has 6 heteroatoms. The molecule has 0 aliphatic rings. The first kappa shape index (κ1) is 15.5. The molecule has 0 aliphatic heterocycles. The first-order valence-electron chi connectivity index (χ1n) is 7.62. The molecule has 0 fully saturated rings. The Hall–Kier alpha value is -3.05. The Morgan fingerprint density at radius 1 is 1.12 bits per heavy atom. The molecule has 0 spiro atoms. The van der Waals surface area contributed by atoms with Crippen LogP contribution in [0.4, 0.5) is 5.69 Å². The van der Waals surface area contributed by atoms with Crippen molar-refractivity contribution >= 4 is 44.9 Å². The topological polar surface area (TPSA) is 64.2 Å². The molecule has 0 saturated carbocycles. The number of rotatable bonds is 2. The van der Waals surface area contributed by atoms with Gasteiger partial charge < -0.3 is 14.3 Å². The third-order valence-electron chi connectivity index (χ3n) is 4.07. The van der Waals surface area contributed by atoms with Crippen molar-refractivity contribution in [2.45, 2.75) is 0 Å². The number of aromatic nitrogens is 1. The third-order valence-corrected chi connectivity index (χ3v) is 4.31. The van der Waals surface area contributed by atoms with Gasteiger partial charge in [-0.25, -0.2) is 0 Å². The van der Waals surface area contributed by atoms with Crippen LogP contribution >= 0.6 is 11.6 Å². The van der Waals surface area contributed by atoms with Crippen LogP contribution in [0.15, 0.2) is 63.9 Å². The summed E-state index contributed by atoms with van der Waals surface area (Å²) in [6.07, 6.45) is 1.67. The van der Waals surface area contributed by atoms with Gasteiger partial charge in [0.1, 0.15) is 5.58 Å². The van der Waals surface area contributed by atoms with E-state index in [9.17, 15) is 9.59 Å². The van der Waals surface area contributed by atoms with Crippen LogP contribution in [0.3, 0.4) is 0 Å². The maximum Gasteiger partial charge on any atom is 0.291 e. The van der Waals surface area contributed by atoms with Gasteiger partial charge in [0.05, 0.1) is 0 Å². The first-order chi connectivity index (χ1) is 12.0. The van der Waals surface area contributed by atoms with Gasteiger partial charge in [0.2, 0.25) is 0 Å². The predicted molar refractivity (Wildman–Crippen MR) is 98.4 cm³/mol. The van der Waals surface area contributed by atoms with E-state index in [1.165, 1.54) is 4.57 Å². The van der Waals surface area contributed by atoms with Gasteiger partial charge in [-0.15, -0.1) is 0 Å². The molecule has 4 rings (SSSR count). The van der Waals surface area contributed by atoms with E-state index in [2.05, 4.69) is 5.32 Å². The van der Waals surface area contributed by atoms with Crippen LogP contribution in [-0.4, -0.2) is 10.5 Å². The number of anilines is 1. The third kappa shape index (κ3) is 2.68. The number of nitrogens with one attached hydrogen (secondary N) is 1. The lowest BCUT2D eigenvalue weighted by atomic mass is 10.1. The highest BCUT2D eigenvalue weighted by atomic mass is 35.5. The van der Waals surface area contributed by atoms with Crippen LogP contribution < -0.4 is 10.9 Å². The summed E-state index contributed by atoms with van der Waals surface area (Å²) in [5.41, 5.74) is 1.02. The van der Waals surface area contributed by atoms with Crippen molar-refractivity contribution in [3.8, 4) is 0 Å². The number of hydrogen-bond acceptors (Lipinski definition) is 3. The zero-order valence-corrected chi connectivity index (χ0v) is 14.0. The minimum Gasteiger partial charge on any atom is -0.451 e. The van der Waals surface area contributed by atoms with Crippen LogP contribution in [-0.2, 0) is 7.05 Å². The van der Waals surface area contributed by atoms with Gasteiger partial charge in [0.15, 0.2) is 5.76 Å². The normalized spacial score (nSPS) is 11.1. The van der Waals surface area contributed by atoms with Gasteiger partial charge >= 0.3 is 0 Å². The summed E-state index contributed by atoms with van der Waals surface area (Å²) >= 11 is 5.96. The first-order valence-corrected chi connectivity index (χ1v) is 7.99. The number of benzene rings is 2. The Balaban J connectivity index is 1.74. The molecule has 5 nitrogen and oxygen atoms in total. The molecule has 2 heterocycles. The predicted octanol–water partition coefficient (Wildman–Crippen LogP) is 4.19. The van der Waals surface area contributed by atoms with Crippen LogP contribution in [0.1, 0.15) is 10.6 Å². The SMILES string of the molecule is Cn1ccc2c(NC(=O)c3cc4cc(Cl)ccc4o3)cccc2c1=O. The van der Waals surface area contributed by atoms with E-state index in [0.717, 1.165) is 5.39 Å². The summed E-state index contributed by atoms with van der Waals surface area (Å²) in [6, 6.07) is 13.8. The number of furan rings is 1. The largest absolute Gasteiger partial charge is 0.451 e. The van der Waals surface area contributed by atoms with Crippen LogP contribution in [0.5, 0.6) is 0 Å². The average Bonchev–Trinajstić information content (AvgIpc) is 3.02. The van der Waals surface area contributed by atoms with Crippen molar-refractivity contribution in [1.29, 1.82) is 0 Å². The van der Waals surface area contributed by atoms with Gasteiger partial charge in [-0.3, -0.25) is 9.59 Å². The summed E-state index contributed by atoms with van der Waals surface area (Å²) < 4.78 is 7.07. The van der Waals surface area contributed by atoms with Crippen molar-refractivity contribution in [2.24, 2.45) is 7.05 Å². The van der Waals surface area contributed by atoms with Crippen molar-refractivity contribution in [3.63, 3.8) is 0 Å².